The van der Waals surface area contributed by atoms with Crippen molar-refractivity contribution >= 4 is 108 Å². The third kappa shape index (κ3) is 7.57. The van der Waals surface area contributed by atoms with Gasteiger partial charge in [-0.3, -0.25) is 0 Å². The first-order valence-electron chi connectivity index (χ1n) is 34.1. The molecule has 98 heavy (non-hydrogen) atoms. The number of para-hydroxylation sites is 6. The van der Waals surface area contributed by atoms with Gasteiger partial charge in [-0.2, -0.15) is 0 Å². The first kappa shape index (κ1) is 58.7. The van der Waals surface area contributed by atoms with Gasteiger partial charge in [-0.1, -0.05) is 342 Å². The van der Waals surface area contributed by atoms with E-state index >= 15 is 9.13 Å². The van der Waals surface area contributed by atoms with Gasteiger partial charge in [0.1, 0.15) is 8.07 Å². The van der Waals surface area contributed by atoms with Crippen LogP contribution in [-0.2, 0) is 25.4 Å². The van der Waals surface area contributed by atoms with Crippen LogP contribution < -0.4 is 42.2 Å². The molecule has 468 valence electrons. The lowest BCUT2D eigenvalue weighted by molar-refractivity contribution is 0.557. The molecule has 0 N–H and O–H groups in total. The third-order valence-electron chi connectivity index (χ3n) is 22.6. The normalized spacial score (nSPS) is 17.1. The molecule has 4 aliphatic rings. The van der Waals surface area contributed by atoms with E-state index in [0.717, 1.165) is 37.4 Å². The van der Waals surface area contributed by atoms with Crippen molar-refractivity contribution in [1.82, 2.24) is 9.13 Å². The van der Waals surface area contributed by atoms with Crippen molar-refractivity contribution in [3.8, 4) is 11.4 Å². The summed E-state index contributed by atoms with van der Waals surface area (Å²) in [6.45, 7) is 9.59. The fourth-order valence-corrected chi connectivity index (χ4v) is 29.3. The quantitative estimate of drug-likeness (QED) is 0.123. The molecule has 2 spiro atoms. The molecule has 5 heterocycles. The Balaban J connectivity index is 0.000000137. The van der Waals surface area contributed by atoms with Crippen LogP contribution in [0.3, 0.4) is 0 Å². The molecule has 2 unspecified atom stereocenters. The summed E-state index contributed by atoms with van der Waals surface area (Å²) < 4.78 is 37.6. The predicted molar refractivity (Wildman–Crippen MR) is 413 cm³/mol. The van der Waals surface area contributed by atoms with E-state index in [-0.39, 0.29) is 0 Å². The summed E-state index contributed by atoms with van der Waals surface area (Å²) in [6.07, 6.45) is 0. The highest BCUT2D eigenvalue weighted by Gasteiger charge is 2.57. The zero-order chi connectivity index (χ0) is 65.9. The molecule has 0 saturated heterocycles. The van der Waals surface area contributed by atoms with Crippen molar-refractivity contribution in [2.45, 2.75) is 43.2 Å². The van der Waals surface area contributed by atoms with Gasteiger partial charge in [0.25, 0.3) is 0 Å². The largest absolute Gasteiger partial charge is 0.309 e. The second-order valence-corrected chi connectivity index (χ2v) is 37.7. The summed E-state index contributed by atoms with van der Waals surface area (Å²) in [4.78, 5) is 0. The fraction of sp³-hybridized carbons (Fsp3) is 0.0769. The number of nitrogens with zero attached hydrogens (tertiary/aromatic N) is 2. The van der Waals surface area contributed by atoms with Gasteiger partial charge in [-0.25, -0.2) is 0 Å². The molecule has 3 aliphatic heterocycles. The second-order valence-electron chi connectivity index (χ2n) is 27.9. The van der Waals surface area contributed by atoms with Crippen LogP contribution in [0, 0.1) is 0 Å². The highest BCUT2D eigenvalue weighted by Crippen LogP contribution is 2.63. The van der Waals surface area contributed by atoms with Crippen LogP contribution in [-0.4, -0.2) is 17.2 Å². The van der Waals surface area contributed by atoms with Crippen molar-refractivity contribution in [3.05, 3.63) is 395 Å². The molecule has 0 saturated carbocycles. The van der Waals surface area contributed by atoms with Gasteiger partial charge < -0.3 is 18.3 Å². The van der Waals surface area contributed by atoms with Gasteiger partial charge in [0.2, 0.25) is 0 Å². The highest BCUT2D eigenvalue weighted by atomic mass is 31.2. The van der Waals surface area contributed by atoms with Crippen LogP contribution in [0.1, 0.15) is 69.5 Å². The molecule has 0 radical (unpaired) electrons. The number of hydrogen-bond acceptors (Lipinski definition) is 2. The molecular formula is C91H68N2O2P2Si. The van der Waals surface area contributed by atoms with Crippen LogP contribution in [0.2, 0.25) is 13.1 Å². The first-order valence-corrected chi connectivity index (χ1v) is 40.5. The van der Waals surface area contributed by atoms with Gasteiger partial charge in [0.15, 0.2) is 14.3 Å². The molecule has 1 aliphatic carbocycles. The topological polar surface area (TPSA) is 44.0 Å². The standard InChI is InChI=1S/C46H34NOP.C45H34NOPSi/c1-45(2)35-23-10-11-24-36(35)46(37-25-12-14-29-41(37)47-40-28-13-9-21-33(40)34-22-15-27-39(46)44(34)47)38-26-16-30-42(43(38)45)49(48,31-17-5-3-6-18-31)32-19-7-4-8-20-32;1-49(2)42-30-14-11-24-36(42)45(35-23-10-13-28-40(35)46-39-27-12-9-21-33(39)34-22-15-25-37(45)43(34)46)38-26-16-29-41(44(38)49)48(47,31-17-5-3-6-18-31)32-19-7-4-8-20-32/h2*3-30H,1-2H3. The lowest BCUT2D eigenvalue weighted by Crippen LogP contribution is -2.67. The zero-order valence-corrected chi connectivity index (χ0v) is 57.7. The number of benzene rings is 14. The number of fused-ring (bicyclic) bond motifs is 22. The summed E-state index contributed by atoms with van der Waals surface area (Å²) in [7, 11) is -9.10. The van der Waals surface area contributed by atoms with E-state index in [0.29, 0.717) is 0 Å². The molecule has 0 bridgehead atoms. The van der Waals surface area contributed by atoms with E-state index in [1.54, 1.807) is 0 Å². The highest BCUT2D eigenvalue weighted by molar-refractivity contribution is 7.86. The average Bonchev–Trinajstić information content (AvgIpc) is 1.13. The maximum Gasteiger partial charge on any atom is 0.171 e. The average molecular weight is 1310 g/mol. The smallest absolute Gasteiger partial charge is 0.171 e. The molecule has 2 atom stereocenters. The Bertz CT molecular complexity index is 5630. The number of rotatable bonds is 6. The third-order valence-corrected chi connectivity index (χ3v) is 32.6. The SMILES string of the molecule is CC1(C)c2ccccc2C2(c3ccccc3-n3c4ccccc4c4cccc2c43)c2cccc(P(=O)(c3ccccc3)c3ccccc3)c21.C[Si]1(C)c2ccccc2C2(c3ccccc3-n3c4ccccc4c4cccc2c43)c2cccc(P(=O)(c3ccccc3)c3ccccc3)c21. The van der Waals surface area contributed by atoms with Crippen LogP contribution >= 0.6 is 14.3 Å². The molecule has 20 rings (SSSR count). The monoisotopic (exact) mass is 1310 g/mol. The predicted octanol–water partition coefficient (Wildman–Crippen LogP) is 18.0. The van der Waals surface area contributed by atoms with Crippen LogP contribution in [0.5, 0.6) is 0 Å². The molecule has 16 aromatic rings. The molecule has 7 heteroatoms. The maximum absolute atomic E-state index is 16.3. The summed E-state index contributed by atoms with van der Waals surface area (Å²) in [5.41, 5.74) is 18.2. The molecule has 0 amide bonds. The minimum Gasteiger partial charge on any atom is -0.309 e. The first-order chi connectivity index (χ1) is 48.0. The minimum atomic E-state index is -3.33. The Kier molecular flexibility index (Phi) is 12.8. The van der Waals surface area contributed by atoms with Crippen LogP contribution in [0.4, 0.5) is 0 Å². The zero-order valence-electron chi connectivity index (χ0n) is 54.9. The Hall–Kier alpha value is -10.6. The van der Waals surface area contributed by atoms with Gasteiger partial charge in [0.05, 0.1) is 44.3 Å². The van der Waals surface area contributed by atoms with Gasteiger partial charge in [-0.05, 0) is 90.3 Å². The van der Waals surface area contributed by atoms with Gasteiger partial charge in [0, 0.05) is 58.8 Å². The molecule has 4 nitrogen and oxygen atoms in total. The van der Waals surface area contributed by atoms with Crippen molar-refractivity contribution in [2.24, 2.45) is 0 Å². The van der Waals surface area contributed by atoms with E-state index in [1.807, 2.05) is 97.1 Å². The van der Waals surface area contributed by atoms with Crippen molar-refractivity contribution in [3.63, 3.8) is 0 Å². The Labute approximate surface area is 572 Å². The second kappa shape index (κ2) is 21.4. The Morgan fingerprint density at radius 1 is 0.286 bits per heavy atom. The van der Waals surface area contributed by atoms with Crippen molar-refractivity contribution in [2.75, 3.05) is 0 Å². The van der Waals surface area contributed by atoms with Gasteiger partial charge >= 0.3 is 0 Å². The van der Waals surface area contributed by atoms with Crippen molar-refractivity contribution in [1.29, 1.82) is 0 Å². The lowest BCUT2D eigenvalue weighted by Gasteiger charge is -2.51. The molecule has 2 aromatic heterocycles. The summed E-state index contributed by atoms with van der Waals surface area (Å²) in [6, 6.07) is 121. The van der Waals surface area contributed by atoms with E-state index in [4.69, 9.17) is 0 Å². The summed E-state index contributed by atoms with van der Waals surface area (Å²) >= 11 is 0. The van der Waals surface area contributed by atoms with E-state index in [2.05, 4.69) is 279 Å². The van der Waals surface area contributed by atoms with Crippen LogP contribution in [0.15, 0.2) is 340 Å². The number of aromatic nitrogens is 2. The Morgan fingerprint density at radius 2 is 0.622 bits per heavy atom. The summed E-state index contributed by atoms with van der Waals surface area (Å²) in [5, 5.41) is 13.1. The summed E-state index contributed by atoms with van der Waals surface area (Å²) in [5.74, 6) is 0. The Morgan fingerprint density at radius 3 is 1.12 bits per heavy atom. The maximum atomic E-state index is 16.3. The molecular weight excluding hydrogens is 1240 g/mol. The fourth-order valence-electron chi connectivity index (χ4n) is 18.8. The van der Waals surface area contributed by atoms with Gasteiger partial charge in [-0.15, -0.1) is 0 Å². The van der Waals surface area contributed by atoms with E-state index in [1.165, 1.54) is 115 Å². The minimum absolute atomic E-state index is 0.444. The van der Waals surface area contributed by atoms with Crippen molar-refractivity contribution < 1.29 is 9.13 Å². The van der Waals surface area contributed by atoms with E-state index < -0.39 is 38.6 Å². The lowest BCUT2D eigenvalue weighted by atomic mass is 9.53. The molecule has 0 fully saturated rings. The van der Waals surface area contributed by atoms with Crippen LogP contribution in [0.25, 0.3) is 55.0 Å². The number of hydrogen-bond donors (Lipinski definition) is 0. The van der Waals surface area contributed by atoms with E-state index in [9.17, 15) is 0 Å². The molecule has 14 aromatic carbocycles.